The Labute approximate surface area is 237 Å². The third-order valence-electron chi connectivity index (χ3n) is 8.38. The quantitative estimate of drug-likeness (QED) is 0.353. The predicted octanol–water partition coefficient (Wildman–Crippen LogP) is 1.37. The average Bonchev–Trinajstić information content (AvgIpc) is 3.58. The van der Waals surface area contributed by atoms with Gasteiger partial charge in [0, 0.05) is 30.1 Å². The van der Waals surface area contributed by atoms with E-state index in [1.807, 2.05) is 12.1 Å². The minimum Gasteiger partial charge on any atom is -0.493 e. The summed E-state index contributed by atoms with van der Waals surface area (Å²) in [7, 11) is 1.48. The number of amides is 2. The van der Waals surface area contributed by atoms with Crippen molar-refractivity contribution in [3.63, 3.8) is 0 Å². The first-order valence-corrected chi connectivity index (χ1v) is 13.9. The van der Waals surface area contributed by atoms with E-state index in [0.717, 1.165) is 24.8 Å². The van der Waals surface area contributed by atoms with Gasteiger partial charge in [-0.05, 0) is 54.3 Å². The summed E-state index contributed by atoms with van der Waals surface area (Å²) in [6, 6.07) is 8.00. The Morgan fingerprint density at radius 3 is 2.61 bits per heavy atom. The zero-order valence-corrected chi connectivity index (χ0v) is 22.7. The van der Waals surface area contributed by atoms with Crippen molar-refractivity contribution in [2.24, 2.45) is 5.92 Å². The molecule has 1 fully saturated rings. The highest BCUT2D eigenvalue weighted by Crippen LogP contribution is 2.51. The van der Waals surface area contributed by atoms with Crippen LogP contribution in [0.25, 0.3) is 0 Å². The number of nitrogens with one attached hydrogen (secondary N) is 1. The molecule has 218 valence electrons. The van der Waals surface area contributed by atoms with Crippen molar-refractivity contribution in [2.45, 2.75) is 56.6 Å². The van der Waals surface area contributed by atoms with Gasteiger partial charge in [0.15, 0.2) is 23.0 Å². The van der Waals surface area contributed by atoms with Gasteiger partial charge >= 0.3 is 0 Å². The summed E-state index contributed by atoms with van der Waals surface area (Å²) in [5.74, 6) is 0.597. The lowest BCUT2D eigenvalue weighted by molar-refractivity contribution is -0.145. The molecule has 11 nitrogen and oxygen atoms in total. The molecule has 1 saturated carbocycles. The molecule has 6 rings (SSSR count). The minimum atomic E-state index is -1.18. The second kappa shape index (κ2) is 11.2. The van der Waals surface area contributed by atoms with Gasteiger partial charge in [-0.25, -0.2) is 0 Å². The van der Waals surface area contributed by atoms with Crippen LogP contribution in [0.5, 0.6) is 23.0 Å². The van der Waals surface area contributed by atoms with Crippen molar-refractivity contribution < 1.29 is 43.9 Å². The molecule has 4 aliphatic rings. The molecule has 11 heteroatoms. The Bertz CT molecular complexity index is 1370. The highest BCUT2D eigenvalue weighted by molar-refractivity contribution is 5.96. The molecule has 0 bridgehead atoms. The van der Waals surface area contributed by atoms with E-state index in [9.17, 15) is 24.9 Å². The number of carbonyl (C=O) groups is 2. The summed E-state index contributed by atoms with van der Waals surface area (Å²) in [6.07, 6.45) is 2.07. The zero-order chi connectivity index (χ0) is 28.7. The molecule has 41 heavy (non-hydrogen) atoms. The topological polar surface area (TPSA) is 147 Å². The summed E-state index contributed by atoms with van der Waals surface area (Å²) in [5, 5.41) is 33.8. The number of nitrogens with zero attached hydrogens (tertiary/aromatic N) is 1. The van der Waals surface area contributed by atoms with Gasteiger partial charge in [0.1, 0.15) is 12.2 Å². The second-order valence-corrected chi connectivity index (χ2v) is 10.8. The van der Waals surface area contributed by atoms with E-state index in [4.69, 9.17) is 18.9 Å². The first-order valence-electron chi connectivity index (χ1n) is 13.9. The van der Waals surface area contributed by atoms with Crippen LogP contribution in [0.1, 0.15) is 41.9 Å². The number of aliphatic hydroxyl groups is 3. The molecule has 0 radical (unpaired) electrons. The molecule has 2 aliphatic heterocycles. The number of methoxy groups -OCH3 is 1. The molecular weight excluding hydrogens is 532 g/mol. The van der Waals surface area contributed by atoms with Crippen LogP contribution in [0.2, 0.25) is 0 Å². The molecule has 4 N–H and O–H groups in total. The molecule has 2 aromatic rings. The Kier molecular flexibility index (Phi) is 7.50. The maximum atomic E-state index is 13.9. The normalized spacial score (nSPS) is 24.0. The molecule has 2 heterocycles. The van der Waals surface area contributed by atoms with E-state index >= 15 is 0 Å². The molecule has 0 spiro atoms. The number of ether oxygens (including phenoxy) is 4. The summed E-state index contributed by atoms with van der Waals surface area (Å²) in [5.41, 5.74) is 2.28. The first kappa shape index (κ1) is 27.4. The van der Waals surface area contributed by atoms with Crippen LogP contribution < -0.4 is 24.3 Å². The van der Waals surface area contributed by atoms with Gasteiger partial charge in [-0.15, -0.1) is 0 Å². The number of hydrogen-bond acceptors (Lipinski definition) is 9. The van der Waals surface area contributed by atoms with E-state index in [-0.39, 0.29) is 44.9 Å². The van der Waals surface area contributed by atoms with E-state index in [1.54, 1.807) is 29.2 Å². The third kappa shape index (κ3) is 4.87. The van der Waals surface area contributed by atoms with Gasteiger partial charge in [-0.3, -0.25) is 9.59 Å². The lowest BCUT2D eigenvalue weighted by Gasteiger charge is -2.42. The first-order chi connectivity index (χ1) is 19.9. The Morgan fingerprint density at radius 2 is 1.90 bits per heavy atom. The van der Waals surface area contributed by atoms with Crippen molar-refractivity contribution in [3.8, 4) is 23.0 Å². The number of carbonyl (C=O) groups excluding carboxylic acids is 2. The van der Waals surface area contributed by atoms with Crippen LogP contribution in [-0.4, -0.2) is 77.3 Å². The van der Waals surface area contributed by atoms with Crippen molar-refractivity contribution in [1.82, 2.24) is 10.2 Å². The van der Waals surface area contributed by atoms with Crippen LogP contribution in [0.3, 0.4) is 0 Å². The van der Waals surface area contributed by atoms with E-state index in [2.05, 4.69) is 5.32 Å². The summed E-state index contributed by atoms with van der Waals surface area (Å²) >= 11 is 0. The lowest BCUT2D eigenvalue weighted by Crippen LogP contribution is -2.56. The smallest absolute Gasteiger partial charge is 0.247 e. The molecule has 4 unspecified atom stereocenters. The van der Waals surface area contributed by atoms with Crippen molar-refractivity contribution >= 4 is 11.8 Å². The number of aliphatic hydroxyl groups excluding tert-OH is 3. The molecule has 0 aromatic heterocycles. The largest absolute Gasteiger partial charge is 0.493 e. The number of rotatable bonds is 9. The van der Waals surface area contributed by atoms with Crippen LogP contribution in [0, 0.1) is 5.92 Å². The van der Waals surface area contributed by atoms with Gasteiger partial charge < -0.3 is 44.5 Å². The predicted molar refractivity (Wildman–Crippen MR) is 145 cm³/mol. The van der Waals surface area contributed by atoms with Crippen LogP contribution in [0.15, 0.2) is 42.0 Å². The van der Waals surface area contributed by atoms with E-state index in [0.29, 0.717) is 39.7 Å². The number of benzene rings is 2. The van der Waals surface area contributed by atoms with Gasteiger partial charge in [-0.1, -0.05) is 12.5 Å². The molecule has 2 aliphatic carbocycles. The monoisotopic (exact) mass is 566 g/mol. The highest BCUT2D eigenvalue weighted by atomic mass is 16.7. The van der Waals surface area contributed by atoms with Gasteiger partial charge in [-0.2, -0.15) is 0 Å². The third-order valence-corrected chi connectivity index (χ3v) is 8.38. The van der Waals surface area contributed by atoms with Crippen LogP contribution >= 0.6 is 0 Å². The minimum absolute atomic E-state index is 0.0381. The standard InChI is InChI=1S/C30H34N2O9/c1-38-24-11-17(14-34)9-19-25-20(29(36)31-7-8-33)12-21(26(35)28(25)41-27(19)24)32(30(37)18-3-2-4-18)13-16-5-6-22-23(10-16)40-15-39-22/h5-6,9-12,18,21,25-26,28,33-35H,2-4,7-8,13-15H2,1H3,(H,31,36). The maximum absolute atomic E-state index is 13.9. The summed E-state index contributed by atoms with van der Waals surface area (Å²) in [4.78, 5) is 29.0. The molecule has 2 aromatic carbocycles. The van der Waals surface area contributed by atoms with E-state index in [1.165, 1.54) is 7.11 Å². The van der Waals surface area contributed by atoms with E-state index < -0.39 is 30.1 Å². The molecular formula is C30H34N2O9. The van der Waals surface area contributed by atoms with Crippen molar-refractivity contribution in [1.29, 1.82) is 0 Å². The zero-order valence-electron chi connectivity index (χ0n) is 22.7. The lowest BCUT2D eigenvalue weighted by atomic mass is 9.76. The molecule has 2 amide bonds. The Hall–Kier alpha value is -3.80. The van der Waals surface area contributed by atoms with Crippen LogP contribution in [0.4, 0.5) is 0 Å². The SMILES string of the molecule is COc1cc(CO)cc2c1OC1C2C(C(=O)NCCO)=CC(N(Cc2ccc3c(c2)OCO3)C(=O)C2CCC2)C1O. The second-order valence-electron chi connectivity index (χ2n) is 10.8. The Balaban J connectivity index is 1.42. The number of hydrogen-bond donors (Lipinski definition) is 4. The molecule has 0 saturated heterocycles. The fourth-order valence-corrected chi connectivity index (χ4v) is 6.07. The molecule has 4 atom stereocenters. The number of fused-ring (bicyclic) bond motifs is 4. The summed E-state index contributed by atoms with van der Waals surface area (Å²) < 4.78 is 22.8. The average molecular weight is 567 g/mol. The van der Waals surface area contributed by atoms with Crippen molar-refractivity contribution in [3.05, 3.63) is 58.7 Å². The maximum Gasteiger partial charge on any atom is 0.247 e. The fourth-order valence-electron chi connectivity index (χ4n) is 6.07. The van der Waals surface area contributed by atoms with Crippen LogP contribution in [-0.2, 0) is 22.7 Å². The highest BCUT2D eigenvalue weighted by Gasteiger charge is 2.52. The summed E-state index contributed by atoms with van der Waals surface area (Å²) in [6.45, 7) is -0.150. The van der Waals surface area contributed by atoms with Crippen molar-refractivity contribution in [2.75, 3.05) is 27.1 Å². The Morgan fingerprint density at radius 1 is 1.10 bits per heavy atom. The van der Waals surface area contributed by atoms with Gasteiger partial charge in [0.05, 0.1) is 32.3 Å². The van der Waals surface area contributed by atoms with Gasteiger partial charge in [0.2, 0.25) is 18.6 Å². The van der Waals surface area contributed by atoms with Gasteiger partial charge in [0.25, 0.3) is 0 Å². The fraction of sp³-hybridized carbons (Fsp3) is 0.467.